The average molecular weight is 299 g/mol. The number of fused-ring (bicyclic) bond motifs is 1. The van der Waals surface area contributed by atoms with Crippen molar-refractivity contribution in [3.05, 3.63) is 34.9 Å². The first-order chi connectivity index (χ1) is 10.7. The van der Waals surface area contributed by atoms with E-state index in [1.54, 1.807) is 14.2 Å². The number of benzene rings is 1. The minimum absolute atomic E-state index is 0.178. The van der Waals surface area contributed by atoms with E-state index in [-0.39, 0.29) is 11.4 Å². The van der Waals surface area contributed by atoms with Crippen LogP contribution in [0.5, 0.6) is 11.5 Å². The molecule has 0 unspecified atom stereocenters. The molecule has 4 nitrogen and oxygen atoms in total. The summed E-state index contributed by atoms with van der Waals surface area (Å²) in [5, 5.41) is 0. The predicted molar refractivity (Wildman–Crippen MR) is 83.2 cm³/mol. The fraction of sp³-hybridized carbons (Fsp3) is 0.500. The number of carbonyl (C=O) groups is 1. The molecule has 22 heavy (non-hydrogen) atoms. The SMILES string of the molecule is COc1cc2c(cc1OC)[C@]13CCCCC1=CC(=O)N3CC2. The standard InChI is InChI=1S/C18H21NO3/c1-21-15-9-12-6-8-19-17(20)10-13-5-3-4-7-18(13,19)14(12)11-16(15)22-2/h9-11H,3-8H2,1-2H3/t18-/m0/s1. The first kappa shape index (κ1) is 13.7. The number of ether oxygens (including phenoxy) is 2. The Kier molecular flexibility index (Phi) is 2.96. The molecule has 0 aromatic heterocycles. The van der Waals surface area contributed by atoms with Crippen LogP contribution in [-0.4, -0.2) is 31.6 Å². The lowest BCUT2D eigenvalue weighted by molar-refractivity contribution is -0.130. The summed E-state index contributed by atoms with van der Waals surface area (Å²) in [6.07, 6.45) is 7.14. The molecule has 2 heterocycles. The molecule has 3 aliphatic rings. The molecule has 1 aromatic carbocycles. The second-order valence-corrected chi connectivity index (χ2v) is 6.34. The van der Waals surface area contributed by atoms with Crippen LogP contribution >= 0.6 is 0 Å². The molecule has 1 saturated carbocycles. The van der Waals surface area contributed by atoms with Crippen molar-refractivity contribution in [1.29, 1.82) is 0 Å². The average Bonchev–Trinajstić information content (AvgIpc) is 2.86. The molecule has 1 amide bonds. The van der Waals surface area contributed by atoms with Crippen LogP contribution in [0.1, 0.15) is 36.8 Å². The lowest BCUT2D eigenvalue weighted by Gasteiger charge is -2.48. The first-order valence-electron chi connectivity index (χ1n) is 7.99. The summed E-state index contributed by atoms with van der Waals surface area (Å²) >= 11 is 0. The smallest absolute Gasteiger partial charge is 0.247 e. The van der Waals surface area contributed by atoms with Gasteiger partial charge in [-0.15, -0.1) is 0 Å². The van der Waals surface area contributed by atoms with Crippen molar-refractivity contribution >= 4 is 5.91 Å². The minimum atomic E-state index is -0.220. The van der Waals surface area contributed by atoms with E-state index in [1.165, 1.54) is 23.1 Å². The van der Waals surface area contributed by atoms with Gasteiger partial charge in [0.05, 0.1) is 19.8 Å². The predicted octanol–water partition coefficient (Wildman–Crippen LogP) is 2.80. The highest BCUT2D eigenvalue weighted by Crippen LogP contribution is 2.53. The van der Waals surface area contributed by atoms with Crippen LogP contribution in [0.25, 0.3) is 0 Å². The number of rotatable bonds is 2. The molecule has 2 aliphatic heterocycles. The van der Waals surface area contributed by atoms with E-state index in [9.17, 15) is 4.79 Å². The van der Waals surface area contributed by atoms with Gasteiger partial charge in [0.2, 0.25) is 5.91 Å². The van der Waals surface area contributed by atoms with Crippen LogP contribution in [0.2, 0.25) is 0 Å². The molecule has 1 atom stereocenters. The summed E-state index contributed by atoms with van der Waals surface area (Å²) in [7, 11) is 3.34. The maximum Gasteiger partial charge on any atom is 0.247 e. The minimum Gasteiger partial charge on any atom is -0.493 e. The monoisotopic (exact) mass is 299 g/mol. The van der Waals surface area contributed by atoms with Gasteiger partial charge < -0.3 is 14.4 Å². The van der Waals surface area contributed by atoms with E-state index >= 15 is 0 Å². The van der Waals surface area contributed by atoms with E-state index in [2.05, 4.69) is 17.0 Å². The van der Waals surface area contributed by atoms with Crippen LogP contribution in [0.3, 0.4) is 0 Å². The molecule has 1 aromatic rings. The van der Waals surface area contributed by atoms with Gasteiger partial charge in [0.15, 0.2) is 11.5 Å². The highest BCUT2D eigenvalue weighted by atomic mass is 16.5. The van der Waals surface area contributed by atoms with Crippen molar-refractivity contribution in [1.82, 2.24) is 4.90 Å². The van der Waals surface area contributed by atoms with Gasteiger partial charge in [0.25, 0.3) is 0 Å². The normalized spacial score (nSPS) is 26.0. The molecule has 4 heteroatoms. The topological polar surface area (TPSA) is 38.8 Å². The zero-order valence-corrected chi connectivity index (χ0v) is 13.1. The number of hydrogen-bond donors (Lipinski definition) is 0. The Morgan fingerprint density at radius 1 is 1.09 bits per heavy atom. The molecular weight excluding hydrogens is 278 g/mol. The quantitative estimate of drug-likeness (QED) is 0.843. The zero-order valence-electron chi connectivity index (χ0n) is 13.1. The molecule has 0 saturated heterocycles. The van der Waals surface area contributed by atoms with Gasteiger partial charge in [-0.25, -0.2) is 0 Å². The van der Waals surface area contributed by atoms with Gasteiger partial charge in [-0.1, -0.05) is 6.42 Å². The third-order valence-corrected chi connectivity index (χ3v) is 5.45. The highest BCUT2D eigenvalue weighted by molar-refractivity contribution is 5.94. The molecule has 116 valence electrons. The Morgan fingerprint density at radius 2 is 1.86 bits per heavy atom. The number of carbonyl (C=O) groups excluding carboxylic acids is 1. The van der Waals surface area contributed by atoms with Crippen LogP contribution < -0.4 is 9.47 Å². The summed E-state index contributed by atoms with van der Waals surface area (Å²) in [5.41, 5.74) is 3.60. The molecule has 1 aliphatic carbocycles. The summed E-state index contributed by atoms with van der Waals surface area (Å²) in [5.74, 6) is 1.70. The Bertz CT molecular complexity index is 679. The van der Waals surface area contributed by atoms with E-state index in [0.29, 0.717) is 0 Å². The van der Waals surface area contributed by atoms with Crippen molar-refractivity contribution < 1.29 is 14.3 Å². The molecular formula is C18H21NO3. The first-order valence-corrected chi connectivity index (χ1v) is 7.99. The van der Waals surface area contributed by atoms with Crippen molar-refractivity contribution in [2.45, 2.75) is 37.6 Å². The summed E-state index contributed by atoms with van der Waals surface area (Å²) in [4.78, 5) is 14.5. The van der Waals surface area contributed by atoms with Crippen molar-refractivity contribution in [3.63, 3.8) is 0 Å². The molecule has 1 fully saturated rings. The fourth-order valence-corrected chi connectivity index (χ4v) is 4.48. The lowest BCUT2D eigenvalue weighted by atomic mass is 9.70. The van der Waals surface area contributed by atoms with Crippen molar-refractivity contribution in [2.24, 2.45) is 0 Å². The van der Waals surface area contributed by atoms with Crippen LogP contribution in [-0.2, 0) is 16.8 Å². The van der Waals surface area contributed by atoms with Gasteiger partial charge in [-0.3, -0.25) is 4.79 Å². The van der Waals surface area contributed by atoms with Crippen LogP contribution in [0.15, 0.2) is 23.8 Å². The second kappa shape index (κ2) is 4.77. The highest BCUT2D eigenvalue weighted by Gasteiger charge is 2.52. The van der Waals surface area contributed by atoms with Gasteiger partial charge in [0, 0.05) is 12.6 Å². The maximum absolute atomic E-state index is 12.5. The summed E-state index contributed by atoms with van der Waals surface area (Å²) in [6.45, 7) is 0.793. The van der Waals surface area contributed by atoms with Crippen LogP contribution in [0.4, 0.5) is 0 Å². The van der Waals surface area contributed by atoms with E-state index in [4.69, 9.17) is 9.47 Å². The van der Waals surface area contributed by atoms with Gasteiger partial charge in [-0.2, -0.15) is 0 Å². The van der Waals surface area contributed by atoms with Crippen molar-refractivity contribution in [3.8, 4) is 11.5 Å². The van der Waals surface area contributed by atoms with E-state index in [0.717, 1.165) is 43.7 Å². The van der Waals surface area contributed by atoms with E-state index < -0.39 is 0 Å². The van der Waals surface area contributed by atoms with Gasteiger partial charge >= 0.3 is 0 Å². The Labute approximate surface area is 130 Å². The largest absolute Gasteiger partial charge is 0.493 e. The van der Waals surface area contributed by atoms with Crippen LogP contribution in [0, 0.1) is 0 Å². The Morgan fingerprint density at radius 3 is 2.64 bits per heavy atom. The van der Waals surface area contributed by atoms with Gasteiger partial charge in [-0.05, 0) is 54.5 Å². The number of nitrogens with zero attached hydrogens (tertiary/aromatic N) is 1. The lowest BCUT2D eigenvalue weighted by Crippen LogP contribution is -2.51. The summed E-state index contributed by atoms with van der Waals surface area (Å²) in [6, 6.07) is 4.19. The fourth-order valence-electron chi connectivity index (χ4n) is 4.48. The number of hydrogen-bond acceptors (Lipinski definition) is 3. The molecule has 0 N–H and O–H groups in total. The Hall–Kier alpha value is -1.97. The van der Waals surface area contributed by atoms with Gasteiger partial charge in [0.1, 0.15) is 0 Å². The molecule has 1 spiro atoms. The third kappa shape index (κ3) is 1.61. The third-order valence-electron chi connectivity index (χ3n) is 5.45. The molecule has 0 bridgehead atoms. The number of methoxy groups -OCH3 is 2. The Balaban J connectivity index is 1.94. The summed E-state index contributed by atoms with van der Waals surface area (Å²) < 4.78 is 11.0. The van der Waals surface area contributed by atoms with E-state index in [1.807, 2.05) is 6.08 Å². The maximum atomic E-state index is 12.5. The molecule has 4 rings (SSSR count). The van der Waals surface area contributed by atoms with Crippen molar-refractivity contribution in [2.75, 3.05) is 20.8 Å². The molecule has 0 radical (unpaired) electrons. The second-order valence-electron chi connectivity index (χ2n) is 6.34. The number of amides is 1. The zero-order chi connectivity index (χ0) is 15.3.